The molecule has 2 aliphatic rings. The molecular formula is C19H36N4. The summed E-state index contributed by atoms with van der Waals surface area (Å²) < 4.78 is 0. The van der Waals surface area contributed by atoms with Gasteiger partial charge in [0.2, 0.25) is 0 Å². The van der Waals surface area contributed by atoms with Gasteiger partial charge in [0, 0.05) is 32.2 Å². The Morgan fingerprint density at radius 3 is 2.48 bits per heavy atom. The van der Waals surface area contributed by atoms with Gasteiger partial charge in [0.05, 0.1) is 0 Å². The van der Waals surface area contributed by atoms with Crippen molar-refractivity contribution in [1.29, 1.82) is 0 Å². The summed E-state index contributed by atoms with van der Waals surface area (Å²) in [7, 11) is 0. The molecule has 0 radical (unpaired) electrons. The van der Waals surface area contributed by atoms with E-state index >= 15 is 0 Å². The van der Waals surface area contributed by atoms with Crippen LogP contribution in [0.25, 0.3) is 0 Å². The van der Waals surface area contributed by atoms with E-state index in [1.807, 2.05) is 0 Å². The summed E-state index contributed by atoms with van der Waals surface area (Å²) in [6, 6.07) is 0.532. The minimum atomic E-state index is 0.532. The van der Waals surface area contributed by atoms with Gasteiger partial charge in [-0.25, -0.2) is 0 Å². The van der Waals surface area contributed by atoms with Crippen LogP contribution in [0.3, 0.4) is 0 Å². The molecule has 2 rings (SSSR count). The van der Waals surface area contributed by atoms with Crippen LogP contribution in [0.2, 0.25) is 0 Å². The van der Waals surface area contributed by atoms with Crippen LogP contribution < -0.4 is 10.6 Å². The van der Waals surface area contributed by atoms with Gasteiger partial charge in [0.1, 0.15) is 0 Å². The van der Waals surface area contributed by atoms with Crippen molar-refractivity contribution >= 4 is 5.96 Å². The molecule has 1 aliphatic carbocycles. The van der Waals surface area contributed by atoms with E-state index in [2.05, 4.69) is 48.5 Å². The average molecular weight is 321 g/mol. The fraction of sp³-hybridized carbons (Fsp3) is 0.842. The van der Waals surface area contributed by atoms with E-state index in [9.17, 15) is 0 Å². The predicted octanol–water partition coefficient (Wildman–Crippen LogP) is 3.02. The lowest BCUT2D eigenvalue weighted by Gasteiger charge is -2.34. The first-order valence-corrected chi connectivity index (χ1v) is 9.59. The number of guanidine groups is 1. The van der Waals surface area contributed by atoms with Crippen molar-refractivity contribution in [2.75, 3.05) is 32.7 Å². The number of likely N-dealkylation sites (tertiary alicyclic amines) is 1. The van der Waals surface area contributed by atoms with Crippen molar-refractivity contribution in [3.63, 3.8) is 0 Å². The summed E-state index contributed by atoms with van der Waals surface area (Å²) in [4.78, 5) is 7.39. The SMILES string of the molecule is CCNC(=NCCCCN1CC(C)CC(C)C1)NC1CC=CC1. The van der Waals surface area contributed by atoms with Crippen molar-refractivity contribution < 1.29 is 0 Å². The van der Waals surface area contributed by atoms with E-state index < -0.39 is 0 Å². The number of aliphatic imine (C=N–C) groups is 1. The molecule has 0 aromatic rings. The Hall–Kier alpha value is -1.03. The average Bonchev–Trinajstić information content (AvgIpc) is 2.99. The van der Waals surface area contributed by atoms with Gasteiger partial charge in [-0.15, -0.1) is 0 Å². The van der Waals surface area contributed by atoms with Crippen LogP contribution in [0.5, 0.6) is 0 Å². The maximum absolute atomic E-state index is 4.74. The molecular weight excluding hydrogens is 284 g/mol. The number of rotatable bonds is 7. The number of piperidine rings is 1. The third kappa shape index (κ3) is 6.94. The van der Waals surface area contributed by atoms with Crippen LogP contribution in [-0.4, -0.2) is 49.6 Å². The Balaban J connectivity index is 1.63. The molecule has 0 aromatic carbocycles. The van der Waals surface area contributed by atoms with Crippen LogP contribution in [0.1, 0.15) is 52.9 Å². The number of nitrogens with zero attached hydrogens (tertiary/aromatic N) is 2. The molecule has 0 saturated carbocycles. The first-order chi connectivity index (χ1) is 11.2. The van der Waals surface area contributed by atoms with Crippen LogP contribution in [0.15, 0.2) is 17.1 Å². The van der Waals surface area contributed by atoms with E-state index in [0.717, 1.165) is 43.7 Å². The van der Waals surface area contributed by atoms with Gasteiger partial charge in [-0.2, -0.15) is 0 Å². The molecule has 0 spiro atoms. The van der Waals surface area contributed by atoms with Crippen molar-refractivity contribution in [2.45, 2.75) is 58.9 Å². The van der Waals surface area contributed by atoms with Crippen LogP contribution in [0, 0.1) is 11.8 Å². The van der Waals surface area contributed by atoms with E-state index in [1.54, 1.807) is 0 Å². The van der Waals surface area contributed by atoms with Gasteiger partial charge in [0.15, 0.2) is 5.96 Å². The summed E-state index contributed by atoms with van der Waals surface area (Å²) in [5, 5.41) is 6.90. The molecule has 4 heteroatoms. The van der Waals surface area contributed by atoms with Crippen LogP contribution in [-0.2, 0) is 0 Å². The highest BCUT2D eigenvalue weighted by Gasteiger charge is 2.20. The molecule has 1 saturated heterocycles. The van der Waals surface area contributed by atoms with Gasteiger partial charge in [-0.1, -0.05) is 26.0 Å². The molecule has 1 fully saturated rings. The van der Waals surface area contributed by atoms with Gasteiger partial charge >= 0.3 is 0 Å². The summed E-state index contributed by atoms with van der Waals surface area (Å²) in [5.41, 5.74) is 0. The smallest absolute Gasteiger partial charge is 0.191 e. The molecule has 0 aromatic heterocycles. The lowest BCUT2D eigenvalue weighted by atomic mass is 9.92. The largest absolute Gasteiger partial charge is 0.357 e. The fourth-order valence-electron chi connectivity index (χ4n) is 3.86. The molecule has 2 N–H and O–H groups in total. The lowest BCUT2D eigenvalue weighted by Crippen LogP contribution is -2.42. The third-order valence-electron chi connectivity index (χ3n) is 4.79. The summed E-state index contributed by atoms with van der Waals surface area (Å²) in [5.74, 6) is 2.71. The number of unbranched alkanes of at least 4 members (excludes halogenated alkanes) is 1. The van der Waals surface area contributed by atoms with Crippen molar-refractivity contribution in [1.82, 2.24) is 15.5 Å². The zero-order valence-corrected chi connectivity index (χ0v) is 15.4. The Bertz CT molecular complexity index is 373. The van der Waals surface area contributed by atoms with Crippen LogP contribution in [0.4, 0.5) is 0 Å². The Labute approximate surface area is 142 Å². The molecule has 2 atom stereocenters. The minimum Gasteiger partial charge on any atom is -0.357 e. The third-order valence-corrected chi connectivity index (χ3v) is 4.79. The molecule has 0 amide bonds. The first kappa shape index (κ1) is 18.3. The van der Waals surface area contributed by atoms with Gasteiger partial charge in [0.25, 0.3) is 0 Å². The Morgan fingerprint density at radius 2 is 1.83 bits per heavy atom. The van der Waals surface area contributed by atoms with E-state index in [0.29, 0.717) is 6.04 Å². The summed E-state index contributed by atoms with van der Waals surface area (Å²) in [6.45, 7) is 12.6. The van der Waals surface area contributed by atoms with Gasteiger partial charge in [-0.3, -0.25) is 4.99 Å². The topological polar surface area (TPSA) is 39.7 Å². The second kappa shape index (κ2) is 9.96. The van der Waals surface area contributed by atoms with Crippen molar-refractivity contribution in [3.8, 4) is 0 Å². The maximum atomic E-state index is 4.74. The highest BCUT2D eigenvalue weighted by Crippen LogP contribution is 2.20. The number of nitrogens with one attached hydrogen (secondary N) is 2. The fourth-order valence-corrected chi connectivity index (χ4v) is 3.86. The molecule has 132 valence electrons. The van der Waals surface area contributed by atoms with E-state index in [1.165, 1.54) is 38.9 Å². The highest BCUT2D eigenvalue weighted by molar-refractivity contribution is 5.80. The predicted molar refractivity (Wildman–Crippen MR) is 99.9 cm³/mol. The van der Waals surface area contributed by atoms with E-state index in [-0.39, 0.29) is 0 Å². The molecule has 4 nitrogen and oxygen atoms in total. The number of hydrogen-bond acceptors (Lipinski definition) is 2. The Morgan fingerprint density at radius 1 is 1.13 bits per heavy atom. The molecule has 1 aliphatic heterocycles. The maximum Gasteiger partial charge on any atom is 0.191 e. The minimum absolute atomic E-state index is 0.532. The molecule has 23 heavy (non-hydrogen) atoms. The van der Waals surface area contributed by atoms with Gasteiger partial charge < -0.3 is 15.5 Å². The Kier molecular flexibility index (Phi) is 7.93. The second-order valence-corrected chi connectivity index (χ2v) is 7.46. The standard InChI is InChI=1S/C19H36N4/c1-4-20-19(22-18-9-5-6-10-18)21-11-7-8-12-23-14-16(2)13-17(3)15-23/h5-6,16-18H,4,7-15H2,1-3H3,(H2,20,21,22). The lowest BCUT2D eigenvalue weighted by molar-refractivity contribution is 0.139. The quantitative estimate of drug-likeness (QED) is 0.328. The number of hydrogen-bond donors (Lipinski definition) is 2. The van der Waals surface area contributed by atoms with Crippen LogP contribution >= 0.6 is 0 Å². The monoisotopic (exact) mass is 320 g/mol. The van der Waals surface area contributed by atoms with Crippen molar-refractivity contribution in [2.24, 2.45) is 16.8 Å². The van der Waals surface area contributed by atoms with Gasteiger partial charge in [-0.05, 0) is 57.4 Å². The molecule has 1 heterocycles. The highest BCUT2D eigenvalue weighted by atomic mass is 15.2. The first-order valence-electron chi connectivity index (χ1n) is 9.59. The molecule has 2 unspecified atom stereocenters. The molecule has 0 bridgehead atoms. The summed E-state index contributed by atoms with van der Waals surface area (Å²) >= 11 is 0. The zero-order valence-electron chi connectivity index (χ0n) is 15.4. The van der Waals surface area contributed by atoms with Crippen molar-refractivity contribution in [3.05, 3.63) is 12.2 Å². The second-order valence-electron chi connectivity index (χ2n) is 7.46. The normalized spacial score (nSPS) is 26.7. The van der Waals surface area contributed by atoms with E-state index in [4.69, 9.17) is 4.99 Å². The summed E-state index contributed by atoms with van der Waals surface area (Å²) in [6.07, 6.45) is 10.6. The zero-order chi connectivity index (χ0) is 16.5.